The molecule has 0 atom stereocenters. The molecule has 102 valence electrons. The highest BCUT2D eigenvalue weighted by Crippen LogP contribution is 2.14. The fourth-order valence-electron chi connectivity index (χ4n) is 1.89. The number of halogens is 1. The monoisotopic (exact) mass is 283 g/mol. The zero-order valence-corrected chi connectivity index (χ0v) is 11.7. The van der Waals surface area contributed by atoms with E-state index in [9.17, 15) is 8.42 Å². The highest BCUT2D eigenvalue weighted by Gasteiger charge is 2.26. The lowest BCUT2D eigenvalue weighted by Crippen LogP contribution is -2.38. The van der Waals surface area contributed by atoms with Crippen LogP contribution in [0.2, 0.25) is 0 Å². The molecule has 17 heavy (non-hydrogen) atoms. The fourth-order valence-corrected chi connectivity index (χ4v) is 3.56. The third-order valence-corrected chi connectivity index (χ3v) is 5.19. The molecular weight excluding hydrogens is 262 g/mol. The van der Waals surface area contributed by atoms with E-state index in [1.807, 2.05) is 0 Å². The van der Waals surface area contributed by atoms with Crippen LogP contribution in [0, 0.1) is 0 Å². The largest absolute Gasteiger partial charge is 0.381 e. The summed E-state index contributed by atoms with van der Waals surface area (Å²) < 4.78 is 31.6. The van der Waals surface area contributed by atoms with Crippen molar-refractivity contribution in [3.05, 3.63) is 0 Å². The minimum absolute atomic E-state index is 0.265. The van der Waals surface area contributed by atoms with E-state index in [1.54, 1.807) is 0 Å². The lowest BCUT2D eigenvalue weighted by molar-refractivity contribution is 0.0981. The van der Waals surface area contributed by atoms with Gasteiger partial charge >= 0.3 is 0 Å². The summed E-state index contributed by atoms with van der Waals surface area (Å²) in [5.41, 5.74) is 0. The molecular formula is C11H22ClNO3S. The Hall–Kier alpha value is 0.160. The van der Waals surface area contributed by atoms with Gasteiger partial charge in [0.15, 0.2) is 0 Å². The van der Waals surface area contributed by atoms with Gasteiger partial charge in [-0.1, -0.05) is 12.8 Å². The summed E-state index contributed by atoms with van der Waals surface area (Å²) in [6.07, 6.45) is 5.22. The van der Waals surface area contributed by atoms with E-state index in [-0.39, 0.29) is 5.25 Å². The van der Waals surface area contributed by atoms with E-state index in [1.165, 1.54) is 0 Å². The maximum atomic E-state index is 11.9. The predicted octanol–water partition coefficient (Wildman–Crippen LogP) is 1.88. The Morgan fingerprint density at radius 2 is 1.76 bits per heavy atom. The molecule has 0 amide bonds. The van der Waals surface area contributed by atoms with Crippen molar-refractivity contribution >= 4 is 21.6 Å². The Kier molecular flexibility index (Phi) is 7.43. The van der Waals surface area contributed by atoms with Crippen molar-refractivity contribution in [3.8, 4) is 0 Å². The van der Waals surface area contributed by atoms with E-state index in [4.69, 9.17) is 16.3 Å². The SMILES string of the molecule is O=S(=O)(NCCCCCCCl)C1CCOCC1. The second-order valence-corrected chi connectivity index (χ2v) is 6.78. The van der Waals surface area contributed by atoms with Gasteiger partial charge in [0, 0.05) is 25.6 Å². The van der Waals surface area contributed by atoms with Crippen molar-refractivity contribution in [1.82, 2.24) is 4.72 Å². The number of sulfonamides is 1. The zero-order chi connectivity index (χ0) is 12.6. The number of rotatable bonds is 8. The van der Waals surface area contributed by atoms with E-state index in [0.29, 0.717) is 38.5 Å². The van der Waals surface area contributed by atoms with Crippen LogP contribution >= 0.6 is 11.6 Å². The van der Waals surface area contributed by atoms with Crippen LogP contribution in [0.15, 0.2) is 0 Å². The van der Waals surface area contributed by atoms with Crippen LogP contribution in [0.1, 0.15) is 38.5 Å². The summed E-state index contributed by atoms with van der Waals surface area (Å²) in [5, 5.41) is -0.265. The number of nitrogens with one attached hydrogen (secondary N) is 1. The lowest BCUT2D eigenvalue weighted by Gasteiger charge is -2.22. The Balaban J connectivity index is 2.15. The predicted molar refractivity (Wildman–Crippen MR) is 70.0 cm³/mol. The summed E-state index contributed by atoms with van der Waals surface area (Å²) >= 11 is 5.57. The topological polar surface area (TPSA) is 55.4 Å². The van der Waals surface area contributed by atoms with Gasteiger partial charge in [-0.15, -0.1) is 11.6 Å². The third kappa shape index (κ3) is 6.04. The molecule has 1 aliphatic rings. The Morgan fingerprint density at radius 3 is 2.41 bits per heavy atom. The van der Waals surface area contributed by atoms with Crippen LogP contribution in [-0.4, -0.2) is 39.3 Å². The quantitative estimate of drug-likeness (QED) is 0.547. The summed E-state index contributed by atoms with van der Waals surface area (Å²) in [6, 6.07) is 0. The molecule has 0 aromatic heterocycles. The summed E-state index contributed by atoms with van der Waals surface area (Å²) in [4.78, 5) is 0. The van der Waals surface area contributed by atoms with Crippen molar-refractivity contribution in [2.24, 2.45) is 0 Å². The van der Waals surface area contributed by atoms with E-state index in [0.717, 1.165) is 25.7 Å². The molecule has 4 nitrogen and oxygen atoms in total. The Morgan fingerprint density at radius 1 is 1.12 bits per heavy atom. The van der Waals surface area contributed by atoms with Crippen molar-refractivity contribution in [2.45, 2.75) is 43.8 Å². The average molecular weight is 284 g/mol. The third-order valence-electron chi connectivity index (χ3n) is 2.97. The van der Waals surface area contributed by atoms with Crippen LogP contribution in [0.25, 0.3) is 0 Å². The molecule has 0 aliphatic carbocycles. The molecule has 1 fully saturated rings. The Labute approximate surface area is 109 Å². The molecule has 0 saturated carbocycles. The molecule has 0 radical (unpaired) electrons. The molecule has 6 heteroatoms. The van der Waals surface area contributed by atoms with Gasteiger partial charge in [-0.2, -0.15) is 0 Å². The average Bonchev–Trinajstić information content (AvgIpc) is 2.35. The molecule has 1 rings (SSSR count). The summed E-state index contributed by atoms with van der Waals surface area (Å²) in [7, 11) is -3.13. The first kappa shape index (κ1) is 15.2. The Bertz CT molecular complexity index is 289. The summed E-state index contributed by atoms with van der Waals surface area (Å²) in [6.45, 7) is 1.66. The number of ether oxygens (including phenoxy) is 1. The number of hydrogen-bond acceptors (Lipinski definition) is 3. The van der Waals surface area contributed by atoms with Gasteiger partial charge in [0.25, 0.3) is 0 Å². The van der Waals surface area contributed by atoms with Crippen LogP contribution < -0.4 is 4.72 Å². The van der Waals surface area contributed by atoms with Gasteiger partial charge < -0.3 is 4.74 Å². The van der Waals surface area contributed by atoms with E-state index >= 15 is 0 Å². The molecule has 1 heterocycles. The van der Waals surface area contributed by atoms with Gasteiger partial charge in [-0.25, -0.2) is 13.1 Å². The first-order valence-electron chi connectivity index (χ1n) is 6.29. The van der Waals surface area contributed by atoms with Crippen LogP contribution in [0.5, 0.6) is 0 Å². The van der Waals surface area contributed by atoms with Gasteiger partial charge in [0.05, 0.1) is 5.25 Å². The van der Waals surface area contributed by atoms with Gasteiger partial charge in [-0.05, 0) is 25.7 Å². The normalized spacial score (nSPS) is 18.4. The van der Waals surface area contributed by atoms with Gasteiger partial charge in [0.1, 0.15) is 0 Å². The second-order valence-electron chi connectivity index (χ2n) is 4.35. The first-order valence-corrected chi connectivity index (χ1v) is 8.37. The molecule has 0 spiro atoms. The molecule has 1 saturated heterocycles. The first-order chi connectivity index (χ1) is 8.17. The lowest BCUT2D eigenvalue weighted by atomic mass is 10.2. The van der Waals surface area contributed by atoms with Crippen molar-refractivity contribution < 1.29 is 13.2 Å². The van der Waals surface area contributed by atoms with Gasteiger partial charge in [-0.3, -0.25) is 0 Å². The zero-order valence-electron chi connectivity index (χ0n) is 10.2. The maximum absolute atomic E-state index is 11.9. The molecule has 0 aromatic rings. The molecule has 1 aliphatic heterocycles. The van der Waals surface area contributed by atoms with E-state index in [2.05, 4.69) is 4.72 Å². The summed E-state index contributed by atoms with van der Waals surface area (Å²) in [5.74, 6) is 0.688. The minimum atomic E-state index is -3.13. The van der Waals surface area contributed by atoms with Crippen molar-refractivity contribution in [1.29, 1.82) is 0 Å². The van der Waals surface area contributed by atoms with Crippen LogP contribution in [-0.2, 0) is 14.8 Å². The minimum Gasteiger partial charge on any atom is -0.381 e. The highest BCUT2D eigenvalue weighted by atomic mass is 35.5. The van der Waals surface area contributed by atoms with Crippen LogP contribution in [0.4, 0.5) is 0 Å². The molecule has 1 N–H and O–H groups in total. The number of hydrogen-bond donors (Lipinski definition) is 1. The standard InChI is InChI=1S/C11H22ClNO3S/c12-7-3-1-2-4-8-13-17(14,15)11-5-9-16-10-6-11/h11,13H,1-10H2. The van der Waals surface area contributed by atoms with Gasteiger partial charge in [0.2, 0.25) is 10.0 Å². The fraction of sp³-hybridized carbons (Fsp3) is 1.00. The maximum Gasteiger partial charge on any atom is 0.214 e. The van der Waals surface area contributed by atoms with Crippen molar-refractivity contribution in [3.63, 3.8) is 0 Å². The second kappa shape index (κ2) is 8.29. The number of alkyl halides is 1. The molecule has 0 bridgehead atoms. The molecule has 0 aromatic carbocycles. The van der Waals surface area contributed by atoms with E-state index < -0.39 is 10.0 Å². The smallest absolute Gasteiger partial charge is 0.214 e. The van der Waals surface area contributed by atoms with Crippen LogP contribution in [0.3, 0.4) is 0 Å². The molecule has 0 unspecified atom stereocenters. The van der Waals surface area contributed by atoms with Crippen molar-refractivity contribution in [2.75, 3.05) is 25.6 Å². The highest BCUT2D eigenvalue weighted by molar-refractivity contribution is 7.90. The number of unbranched alkanes of at least 4 members (excludes halogenated alkanes) is 3.